The molecule has 2 atom stereocenters. The molecule has 0 radical (unpaired) electrons. The first-order valence-electron chi connectivity index (χ1n) is 7.04. The molecule has 1 aliphatic heterocycles. The van der Waals surface area contributed by atoms with Crippen molar-refractivity contribution in [3.63, 3.8) is 0 Å². The molecule has 0 amide bonds. The Bertz CT molecular complexity index is 627. The van der Waals surface area contributed by atoms with E-state index in [9.17, 15) is 9.90 Å². The highest BCUT2D eigenvalue weighted by Crippen LogP contribution is 2.35. The monoisotopic (exact) mass is 302 g/mol. The number of aryl methyl sites for hydroxylation is 1. The van der Waals surface area contributed by atoms with Crippen LogP contribution in [0.2, 0.25) is 0 Å². The summed E-state index contributed by atoms with van der Waals surface area (Å²) in [6, 6.07) is 8.10. The molecule has 0 aliphatic carbocycles. The summed E-state index contributed by atoms with van der Waals surface area (Å²) in [5.41, 5.74) is 2.33. The van der Waals surface area contributed by atoms with E-state index in [1.54, 1.807) is 17.5 Å². The molecule has 110 valence electrons. The number of nitrogens with zero attached hydrogens (tertiary/aromatic N) is 2. The summed E-state index contributed by atoms with van der Waals surface area (Å²) in [6.45, 7) is 4.16. The SMILES string of the molecule is Cc1ccccc1[C@@H]1CN(Cc2nccs2)C[C@H]1C(=O)O. The minimum atomic E-state index is -0.704. The fraction of sp³-hybridized carbons (Fsp3) is 0.375. The minimum Gasteiger partial charge on any atom is -0.481 e. The smallest absolute Gasteiger partial charge is 0.308 e. The van der Waals surface area contributed by atoms with Gasteiger partial charge in [0.05, 0.1) is 12.5 Å². The maximum absolute atomic E-state index is 11.6. The zero-order chi connectivity index (χ0) is 14.8. The van der Waals surface area contributed by atoms with E-state index in [2.05, 4.69) is 28.9 Å². The highest BCUT2D eigenvalue weighted by Gasteiger charge is 2.39. The fourth-order valence-corrected chi connectivity index (χ4v) is 3.76. The fourth-order valence-electron chi connectivity index (χ4n) is 3.10. The summed E-state index contributed by atoms with van der Waals surface area (Å²) in [7, 11) is 0. The van der Waals surface area contributed by atoms with Gasteiger partial charge in [0.2, 0.25) is 0 Å². The molecule has 0 bridgehead atoms. The molecular formula is C16H18N2O2S. The van der Waals surface area contributed by atoms with Crippen LogP contribution in [0.1, 0.15) is 22.1 Å². The van der Waals surface area contributed by atoms with Crippen LogP contribution in [0.3, 0.4) is 0 Å². The molecular weight excluding hydrogens is 284 g/mol. The maximum Gasteiger partial charge on any atom is 0.308 e. The van der Waals surface area contributed by atoms with Crippen LogP contribution in [0, 0.1) is 12.8 Å². The van der Waals surface area contributed by atoms with E-state index in [1.165, 1.54) is 5.56 Å². The van der Waals surface area contributed by atoms with Gasteiger partial charge in [-0.25, -0.2) is 4.98 Å². The lowest BCUT2D eigenvalue weighted by Crippen LogP contribution is -2.23. The zero-order valence-corrected chi connectivity index (χ0v) is 12.7. The minimum absolute atomic E-state index is 0.0589. The van der Waals surface area contributed by atoms with Crippen molar-refractivity contribution in [2.24, 2.45) is 5.92 Å². The number of hydrogen-bond donors (Lipinski definition) is 1. The van der Waals surface area contributed by atoms with E-state index in [0.29, 0.717) is 6.54 Å². The lowest BCUT2D eigenvalue weighted by Gasteiger charge is -2.17. The first-order chi connectivity index (χ1) is 10.1. The van der Waals surface area contributed by atoms with Gasteiger partial charge in [0.15, 0.2) is 0 Å². The Morgan fingerprint density at radius 2 is 2.24 bits per heavy atom. The Morgan fingerprint density at radius 3 is 2.90 bits per heavy atom. The average molecular weight is 302 g/mol. The molecule has 2 heterocycles. The average Bonchev–Trinajstić information content (AvgIpc) is 3.09. The van der Waals surface area contributed by atoms with Crippen molar-refractivity contribution in [3.8, 4) is 0 Å². The summed E-state index contributed by atoms with van der Waals surface area (Å²) in [6.07, 6.45) is 1.80. The van der Waals surface area contributed by atoms with Crippen LogP contribution < -0.4 is 0 Å². The molecule has 1 aliphatic rings. The number of likely N-dealkylation sites (tertiary alicyclic amines) is 1. The number of carbonyl (C=O) groups is 1. The summed E-state index contributed by atoms with van der Waals surface area (Å²) in [4.78, 5) is 18.1. The number of aromatic nitrogens is 1. The normalized spacial score (nSPS) is 22.5. The molecule has 1 aromatic carbocycles. The predicted octanol–water partition coefficient (Wildman–Crippen LogP) is 2.75. The highest BCUT2D eigenvalue weighted by atomic mass is 32.1. The van der Waals surface area contributed by atoms with Gasteiger partial charge in [-0.2, -0.15) is 0 Å². The van der Waals surface area contributed by atoms with Gasteiger partial charge in [-0.15, -0.1) is 11.3 Å². The lowest BCUT2D eigenvalue weighted by atomic mass is 9.86. The van der Waals surface area contributed by atoms with Gasteiger partial charge in [-0.1, -0.05) is 24.3 Å². The van der Waals surface area contributed by atoms with E-state index >= 15 is 0 Å². The van der Waals surface area contributed by atoms with E-state index in [0.717, 1.165) is 23.7 Å². The van der Waals surface area contributed by atoms with E-state index in [1.807, 2.05) is 17.5 Å². The predicted molar refractivity (Wildman–Crippen MR) is 82.4 cm³/mol. The van der Waals surface area contributed by atoms with E-state index in [-0.39, 0.29) is 11.8 Å². The highest BCUT2D eigenvalue weighted by molar-refractivity contribution is 7.09. The van der Waals surface area contributed by atoms with Gasteiger partial charge < -0.3 is 5.11 Å². The Kier molecular flexibility index (Phi) is 4.03. The van der Waals surface area contributed by atoms with Crippen LogP contribution in [0.25, 0.3) is 0 Å². The zero-order valence-electron chi connectivity index (χ0n) is 11.9. The lowest BCUT2D eigenvalue weighted by molar-refractivity contribution is -0.141. The van der Waals surface area contributed by atoms with Gasteiger partial charge >= 0.3 is 5.97 Å². The summed E-state index contributed by atoms with van der Waals surface area (Å²) in [5.74, 6) is -0.986. The number of thiazole rings is 1. The molecule has 1 fully saturated rings. The largest absolute Gasteiger partial charge is 0.481 e. The molecule has 2 aromatic rings. The quantitative estimate of drug-likeness (QED) is 0.943. The van der Waals surface area contributed by atoms with Crippen molar-refractivity contribution in [1.29, 1.82) is 0 Å². The van der Waals surface area contributed by atoms with E-state index < -0.39 is 5.97 Å². The first-order valence-corrected chi connectivity index (χ1v) is 7.92. The van der Waals surface area contributed by atoms with Crippen molar-refractivity contribution in [1.82, 2.24) is 9.88 Å². The number of aliphatic carboxylic acids is 1. The third-order valence-corrected chi connectivity index (χ3v) is 4.91. The molecule has 0 saturated carbocycles. The van der Waals surface area contributed by atoms with Gasteiger partial charge in [0, 0.05) is 30.6 Å². The Hall–Kier alpha value is -1.72. The van der Waals surface area contributed by atoms with Crippen LogP contribution in [0.15, 0.2) is 35.8 Å². The molecule has 0 unspecified atom stereocenters. The van der Waals surface area contributed by atoms with Crippen molar-refractivity contribution in [2.75, 3.05) is 13.1 Å². The van der Waals surface area contributed by atoms with Crippen molar-refractivity contribution in [3.05, 3.63) is 52.0 Å². The standard InChI is InChI=1S/C16H18N2O2S/c1-11-4-2-3-5-12(11)13-8-18(9-14(13)16(19)20)10-15-17-6-7-21-15/h2-7,13-14H,8-10H2,1H3,(H,19,20)/t13-,14+/m0/s1. The van der Waals surface area contributed by atoms with Crippen molar-refractivity contribution >= 4 is 17.3 Å². The van der Waals surface area contributed by atoms with Crippen LogP contribution in [-0.2, 0) is 11.3 Å². The number of carboxylic acid groups (broad SMARTS) is 1. The molecule has 1 N–H and O–H groups in total. The van der Waals surface area contributed by atoms with Crippen LogP contribution >= 0.6 is 11.3 Å². The van der Waals surface area contributed by atoms with Gasteiger partial charge in [0.25, 0.3) is 0 Å². The Balaban J connectivity index is 1.82. The van der Waals surface area contributed by atoms with Gasteiger partial charge in [0.1, 0.15) is 5.01 Å². The van der Waals surface area contributed by atoms with Crippen molar-refractivity contribution < 1.29 is 9.90 Å². The molecule has 21 heavy (non-hydrogen) atoms. The van der Waals surface area contributed by atoms with Gasteiger partial charge in [-0.05, 0) is 18.1 Å². The second-order valence-electron chi connectivity index (χ2n) is 5.53. The second-order valence-corrected chi connectivity index (χ2v) is 6.51. The second kappa shape index (κ2) is 5.95. The van der Waals surface area contributed by atoms with Crippen LogP contribution in [0.4, 0.5) is 0 Å². The third-order valence-electron chi connectivity index (χ3n) is 4.14. The molecule has 1 saturated heterocycles. The van der Waals surface area contributed by atoms with Gasteiger partial charge in [-0.3, -0.25) is 9.69 Å². The number of benzene rings is 1. The Labute approximate surface area is 128 Å². The number of carboxylic acids is 1. The molecule has 1 aromatic heterocycles. The molecule has 4 nitrogen and oxygen atoms in total. The molecule has 3 rings (SSSR count). The topological polar surface area (TPSA) is 53.4 Å². The summed E-state index contributed by atoms with van der Waals surface area (Å²) >= 11 is 1.62. The maximum atomic E-state index is 11.6. The van der Waals surface area contributed by atoms with Crippen molar-refractivity contribution in [2.45, 2.75) is 19.4 Å². The molecule has 5 heteroatoms. The number of hydrogen-bond acceptors (Lipinski definition) is 4. The van der Waals surface area contributed by atoms with Crippen LogP contribution in [0.5, 0.6) is 0 Å². The third kappa shape index (κ3) is 2.99. The summed E-state index contributed by atoms with van der Waals surface area (Å²) in [5, 5.41) is 12.5. The van der Waals surface area contributed by atoms with E-state index in [4.69, 9.17) is 0 Å². The first kappa shape index (κ1) is 14.2. The molecule has 0 spiro atoms. The Morgan fingerprint density at radius 1 is 1.43 bits per heavy atom. The number of rotatable bonds is 4. The van der Waals surface area contributed by atoms with Crippen LogP contribution in [-0.4, -0.2) is 34.0 Å². The summed E-state index contributed by atoms with van der Waals surface area (Å²) < 4.78 is 0.